The topological polar surface area (TPSA) is 26.3 Å². The average molecular weight is 453 g/mol. The fourth-order valence-electron chi connectivity index (χ4n) is 4.81. The smallest absolute Gasteiger partial charge is 0.308 e. The summed E-state index contributed by atoms with van der Waals surface area (Å²) in [6, 6.07) is 0. The highest BCUT2D eigenvalue weighted by atomic mass is 16.5. The van der Waals surface area contributed by atoms with E-state index in [0.717, 1.165) is 19.3 Å². The maximum absolute atomic E-state index is 13.0. The molecule has 0 fully saturated rings. The van der Waals surface area contributed by atoms with Gasteiger partial charge in [0.1, 0.15) is 0 Å². The first-order valence-corrected chi connectivity index (χ1v) is 14.8. The Hall–Kier alpha value is -0.530. The Balaban J connectivity index is 4.42. The van der Waals surface area contributed by atoms with E-state index in [-0.39, 0.29) is 11.9 Å². The molecule has 0 aliphatic carbocycles. The van der Waals surface area contributed by atoms with Gasteiger partial charge in [-0.15, -0.1) is 0 Å². The summed E-state index contributed by atoms with van der Waals surface area (Å²) in [7, 11) is 0. The van der Waals surface area contributed by atoms with Crippen LogP contribution in [0.3, 0.4) is 0 Å². The summed E-state index contributed by atoms with van der Waals surface area (Å²) < 4.78 is 5.91. The van der Waals surface area contributed by atoms with Gasteiger partial charge in [0.25, 0.3) is 0 Å². The lowest BCUT2D eigenvalue weighted by Crippen LogP contribution is -2.23. The third kappa shape index (κ3) is 18.0. The highest BCUT2D eigenvalue weighted by Crippen LogP contribution is 2.27. The molecule has 0 saturated carbocycles. The molecule has 0 heterocycles. The Bertz CT molecular complexity index is 392. The second-order valence-corrected chi connectivity index (χ2v) is 10.4. The maximum atomic E-state index is 13.0. The monoisotopic (exact) mass is 452 g/mol. The normalized spacial score (nSPS) is 14.3. The van der Waals surface area contributed by atoms with E-state index < -0.39 is 0 Å². The highest BCUT2D eigenvalue weighted by Gasteiger charge is 2.24. The molecule has 0 bridgehead atoms. The first-order valence-electron chi connectivity index (χ1n) is 14.8. The van der Waals surface area contributed by atoms with Crippen molar-refractivity contribution in [2.45, 2.75) is 163 Å². The molecule has 2 nitrogen and oxygen atoms in total. The van der Waals surface area contributed by atoms with Crippen LogP contribution in [0.4, 0.5) is 0 Å². The molecule has 0 N–H and O–H groups in total. The molecule has 0 saturated heterocycles. The molecule has 0 aromatic carbocycles. The van der Waals surface area contributed by atoms with Crippen LogP contribution in [0.15, 0.2) is 0 Å². The second kappa shape index (κ2) is 23.6. The van der Waals surface area contributed by atoms with E-state index >= 15 is 0 Å². The summed E-state index contributed by atoms with van der Waals surface area (Å²) in [5.74, 6) is 1.44. The molecule has 0 aromatic heterocycles. The van der Waals surface area contributed by atoms with Gasteiger partial charge in [-0.1, -0.05) is 144 Å². The molecule has 0 rings (SSSR count). The standard InChI is InChI=1S/C30H60O2/c1-6-11-14-15-16-17-18-19-20-21-24-29(25-27(9-4)22-12-7-2)30(31)32-26-28(10-5)23-13-8-3/h27-29H,6-26H2,1-5H3. The zero-order valence-corrected chi connectivity index (χ0v) is 22.9. The van der Waals surface area contributed by atoms with E-state index in [2.05, 4.69) is 34.6 Å². The Morgan fingerprint density at radius 2 is 1.03 bits per heavy atom. The minimum absolute atomic E-state index is 0.103. The Morgan fingerprint density at radius 3 is 1.53 bits per heavy atom. The SMILES string of the molecule is CCCCCCCCCCCCC(CC(CC)CCCC)C(=O)OCC(CC)CCCC. The first kappa shape index (κ1) is 31.5. The zero-order valence-electron chi connectivity index (χ0n) is 22.9. The number of ether oxygens (including phenoxy) is 1. The van der Waals surface area contributed by atoms with Gasteiger partial charge in [0.2, 0.25) is 0 Å². The number of hydrogen-bond acceptors (Lipinski definition) is 2. The molecule has 192 valence electrons. The number of esters is 1. The highest BCUT2D eigenvalue weighted by molar-refractivity contribution is 5.72. The van der Waals surface area contributed by atoms with Crippen LogP contribution in [0.2, 0.25) is 0 Å². The van der Waals surface area contributed by atoms with Crippen molar-refractivity contribution in [3.63, 3.8) is 0 Å². The van der Waals surface area contributed by atoms with Gasteiger partial charge in [0.15, 0.2) is 0 Å². The van der Waals surface area contributed by atoms with Crippen LogP contribution in [0.5, 0.6) is 0 Å². The van der Waals surface area contributed by atoms with Crippen molar-refractivity contribution in [3.05, 3.63) is 0 Å². The molecule has 0 aliphatic heterocycles. The van der Waals surface area contributed by atoms with Gasteiger partial charge in [-0.3, -0.25) is 4.79 Å². The molecule has 2 heteroatoms. The third-order valence-electron chi connectivity index (χ3n) is 7.41. The molecule has 0 aliphatic rings. The van der Waals surface area contributed by atoms with E-state index in [1.54, 1.807) is 0 Å². The van der Waals surface area contributed by atoms with Gasteiger partial charge >= 0.3 is 5.97 Å². The number of rotatable bonds is 24. The van der Waals surface area contributed by atoms with Crippen molar-refractivity contribution in [2.24, 2.45) is 17.8 Å². The predicted molar refractivity (Wildman–Crippen MR) is 142 cm³/mol. The van der Waals surface area contributed by atoms with Gasteiger partial charge in [-0.25, -0.2) is 0 Å². The molecular formula is C30H60O2. The lowest BCUT2D eigenvalue weighted by Gasteiger charge is -2.23. The fraction of sp³-hybridized carbons (Fsp3) is 0.967. The maximum Gasteiger partial charge on any atom is 0.308 e. The average Bonchev–Trinajstić information content (AvgIpc) is 2.81. The minimum Gasteiger partial charge on any atom is -0.465 e. The predicted octanol–water partition coefficient (Wildman–Crippen LogP) is 10.3. The van der Waals surface area contributed by atoms with E-state index in [1.807, 2.05) is 0 Å². The van der Waals surface area contributed by atoms with E-state index in [1.165, 1.54) is 109 Å². The van der Waals surface area contributed by atoms with Crippen molar-refractivity contribution in [1.29, 1.82) is 0 Å². The van der Waals surface area contributed by atoms with Crippen LogP contribution in [0, 0.1) is 17.8 Å². The molecule has 0 aromatic rings. The summed E-state index contributed by atoms with van der Waals surface area (Å²) in [6.45, 7) is 11.9. The van der Waals surface area contributed by atoms with Crippen LogP contribution in [-0.4, -0.2) is 12.6 Å². The molecule has 0 spiro atoms. The van der Waals surface area contributed by atoms with Gasteiger partial charge in [-0.2, -0.15) is 0 Å². The van der Waals surface area contributed by atoms with E-state index in [0.29, 0.717) is 18.4 Å². The van der Waals surface area contributed by atoms with Crippen molar-refractivity contribution < 1.29 is 9.53 Å². The fourth-order valence-corrected chi connectivity index (χ4v) is 4.81. The molecule has 0 amide bonds. The molecule has 0 radical (unpaired) electrons. The molecule has 3 atom stereocenters. The van der Waals surface area contributed by atoms with Crippen LogP contribution in [0.1, 0.15) is 163 Å². The van der Waals surface area contributed by atoms with Crippen LogP contribution in [-0.2, 0) is 9.53 Å². The Kier molecular flexibility index (Phi) is 23.2. The lowest BCUT2D eigenvalue weighted by molar-refractivity contribution is -0.151. The van der Waals surface area contributed by atoms with Crippen molar-refractivity contribution in [1.82, 2.24) is 0 Å². The van der Waals surface area contributed by atoms with Gasteiger partial charge in [-0.05, 0) is 31.1 Å². The first-order chi connectivity index (χ1) is 15.6. The van der Waals surface area contributed by atoms with Gasteiger partial charge < -0.3 is 4.74 Å². The number of carbonyl (C=O) groups is 1. The van der Waals surface area contributed by atoms with Crippen LogP contribution in [0.25, 0.3) is 0 Å². The third-order valence-corrected chi connectivity index (χ3v) is 7.41. The summed E-state index contributed by atoms with van der Waals surface area (Å²) in [5.41, 5.74) is 0. The van der Waals surface area contributed by atoms with Gasteiger partial charge in [0.05, 0.1) is 12.5 Å². The Morgan fingerprint density at radius 1 is 0.562 bits per heavy atom. The molecule has 32 heavy (non-hydrogen) atoms. The number of carbonyl (C=O) groups excluding carboxylic acids is 1. The minimum atomic E-state index is 0.103. The van der Waals surface area contributed by atoms with Crippen molar-refractivity contribution in [2.75, 3.05) is 6.61 Å². The van der Waals surface area contributed by atoms with Crippen molar-refractivity contribution in [3.8, 4) is 0 Å². The summed E-state index contributed by atoms with van der Waals surface area (Å²) >= 11 is 0. The zero-order chi connectivity index (χ0) is 23.9. The van der Waals surface area contributed by atoms with Gasteiger partial charge in [0, 0.05) is 0 Å². The second-order valence-electron chi connectivity index (χ2n) is 10.4. The molecule has 3 unspecified atom stereocenters. The summed E-state index contributed by atoms with van der Waals surface area (Å²) in [5, 5.41) is 0. The Labute approximate surface area is 203 Å². The lowest BCUT2D eigenvalue weighted by atomic mass is 9.86. The van der Waals surface area contributed by atoms with E-state index in [9.17, 15) is 4.79 Å². The number of unbranched alkanes of at least 4 members (excludes halogenated alkanes) is 11. The summed E-state index contributed by atoms with van der Waals surface area (Å²) in [4.78, 5) is 13.0. The molecular weight excluding hydrogens is 392 g/mol. The van der Waals surface area contributed by atoms with Crippen LogP contribution < -0.4 is 0 Å². The summed E-state index contributed by atoms with van der Waals surface area (Å²) in [6.07, 6.45) is 25.3. The van der Waals surface area contributed by atoms with Crippen LogP contribution >= 0.6 is 0 Å². The number of hydrogen-bond donors (Lipinski definition) is 0. The van der Waals surface area contributed by atoms with Crippen molar-refractivity contribution >= 4 is 5.97 Å². The van der Waals surface area contributed by atoms with E-state index in [4.69, 9.17) is 4.74 Å². The largest absolute Gasteiger partial charge is 0.465 e. The quantitative estimate of drug-likeness (QED) is 0.107.